The number of nitrogens with zero attached hydrogens (tertiary/aromatic N) is 3. The van der Waals surface area contributed by atoms with Crippen LogP contribution in [0.5, 0.6) is 0 Å². The van der Waals surface area contributed by atoms with E-state index in [-0.39, 0.29) is 22.0 Å². The van der Waals surface area contributed by atoms with Crippen LogP contribution in [0, 0.1) is 10.1 Å². The Labute approximate surface area is 159 Å². The highest BCUT2D eigenvalue weighted by Crippen LogP contribution is 2.21. The molecule has 0 spiro atoms. The predicted molar refractivity (Wildman–Crippen MR) is 99.4 cm³/mol. The molecule has 2 aromatic carbocycles. The number of benzene rings is 2. The molecule has 2 rings (SSSR count). The van der Waals surface area contributed by atoms with Crippen LogP contribution in [0.4, 0.5) is 17.1 Å². The number of nitrogens with one attached hydrogen (secondary N) is 1. The number of nitro groups is 1. The van der Waals surface area contributed by atoms with E-state index in [0.29, 0.717) is 0 Å². The van der Waals surface area contributed by atoms with Gasteiger partial charge in [0.15, 0.2) is 5.70 Å². The summed E-state index contributed by atoms with van der Waals surface area (Å²) in [5.41, 5.74) is -0.302. The summed E-state index contributed by atoms with van der Waals surface area (Å²) in [5.74, 6) is -1.26. The topological polar surface area (TPSA) is 177 Å². The average molecular weight is 405 g/mol. The van der Waals surface area contributed by atoms with Crippen molar-refractivity contribution in [1.82, 2.24) is 0 Å². The molecule has 0 bridgehead atoms. The number of non-ortho nitro benzene ring substituents is 1. The largest absolute Gasteiger partial charge is 0.510 e. The van der Waals surface area contributed by atoms with E-state index in [4.69, 9.17) is 5.14 Å². The van der Waals surface area contributed by atoms with Crippen molar-refractivity contribution >= 4 is 33.0 Å². The first kappa shape index (κ1) is 20.7. The highest BCUT2D eigenvalue weighted by atomic mass is 32.2. The monoisotopic (exact) mass is 405 g/mol. The second-order valence-corrected chi connectivity index (χ2v) is 7.00. The van der Waals surface area contributed by atoms with Gasteiger partial charge in [0.1, 0.15) is 5.76 Å². The zero-order valence-corrected chi connectivity index (χ0v) is 15.3. The summed E-state index contributed by atoms with van der Waals surface area (Å²) < 4.78 is 22.5. The Balaban J connectivity index is 2.20. The molecule has 0 atom stereocenters. The SMILES string of the molecule is C/C(O)=C(\N=Nc1cccc([N+](=O)[O-])c1)C(=O)Nc1ccc(S(N)(=O)=O)cc1. The molecule has 146 valence electrons. The minimum absolute atomic E-state index is 0.109. The van der Waals surface area contributed by atoms with Gasteiger partial charge in [-0.15, -0.1) is 10.2 Å². The van der Waals surface area contributed by atoms with E-state index in [9.17, 15) is 28.4 Å². The summed E-state index contributed by atoms with van der Waals surface area (Å²) in [6.07, 6.45) is 0. The van der Waals surface area contributed by atoms with E-state index in [1.54, 1.807) is 0 Å². The van der Waals surface area contributed by atoms with Gasteiger partial charge in [0.25, 0.3) is 11.6 Å². The highest BCUT2D eigenvalue weighted by molar-refractivity contribution is 7.89. The van der Waals surface area contributed by atoms with Gasteiger partial charge in [-0.05, 0) is 37.3 Å². The lowest BCUT2D eigenvalue weighted by Gasteiger charge is -2.06. The van der Waals surface area contributed by atoms with Crippen molar-refractivity contribution in [2.75, 3.05) is 5.32 Å². The number of hydrogen-bond acceptors (Lipinski definition) is 8. The summed E-state index contributed by atoms with van der Waals surface area (Å²) in [4.78, 5) is 22.3. The van der Waals surface area contributed by atoms with Gasteiger partial charge in [-0.1, -0.05) is 6.07 Å². The number of aliphatic hydroxyl groups is 1. The first-order valence-corrected chi connectivity index (χ1v) is 9.13. The third kappa shape index (κ3) is 5.43. The number of amides is 1. The Bertz CT molecular complexity index is 1070. The minimum atomic E-state index is -3.87. The van der Waals surface area contributed by atoms with Gasteiger partial charge < -0.3 is 10.4 Å². The van der Waals surface area contributed by atoms with E-state index in [1.807, 2.05) is 0 Å². The normalized spacial score (nSPS) is 12.5. The lowest BCUT2D eigenvalue weighted by atomic mass is 10.3. The number of aliphatic hydroxyl groups excluding tert-OH is 1. The van der Waals surface area contributed by atoms with E-state index in [2.05, 4.69) is 15.5 Å². The third-order valence-electron chi connectivity index (χ3n) is 3.30. The molecule has 4 N–H and O–H groups in total. The van der Waals surface area contributed by atoms with Crippen LogP contribution in [0.1, 0.15) is 6.92 Å². The standard InChI is InChI=1S/C16H15N5O6S/c1-10(22)15(20-19-12-3-2-4-13(9-12)21(24)25)16(23)18-11-5-7-14(8-6-11)28(17,26)27/h2-9,22H,1H3,(H,18,23)(H2,17,26,27)/b15-10+,20-19?. The molecule has 0 aliphatic rings. The van der Waals surface area contributed by atoms with Crippen molar-refractivity contribution in [1.29, 1.82) is 0 Å². The number of sulfonamides is 1. The van der Waals surface area contributed by atoms with Crippen molar-refractivity contribution in [3.63, 3.8) is 0 Å². The van der Waals surface area contributed by atoms with E-state index in [1.165, 1.54) is 49.4 Å². The summed E-state index contributed by atoms with van der Waals surface area (Å²) in [6, 6.07) is 10.3. The molecule has 1 amide bonds. The Morgan fingerprint density at radius 2 is 1.86 bits per heavy atom. The fourth-order valence-electron chi connectivity index (χ4n) is 1.98. The van der Waals surface area contributed by atoms with Crippen molar-refractivity contribution in [3.8, 4) is 0 Å². The summed E-state index contributed by atoms with van der Waals surface area (Å²) >= 11 is 0. The van der Waals surface area contributed by atoms with Crippen LogP contribution >= 0.6 is 0 Å². The first-order chi connectivity index (χ1) is 13.1. The van der Waals surface area contributed by atoms with Crippen molar-refractivity contribution in [2.24, 2.45) is 15.4 Å². The Kier molecular flexibility index (Phi) is 6.18. The fourth-order valence-corrected chi connectivity index (χ4v) is 2.49. The number of hydrogen-bond donors (Lipinski definition) is 3. The Morgan fingerprint density at radius 1 is 1.21 bits per heavy atom. The summed E-state index contributed by atoms with van der Waals surface area (Å²) in [5, 5.41) is 35.2. The molecule has 0 saturated carbocycles. The van der Waals surface area contributed by atoms with E-state index < -0.39 is 32.3 Å². The summed E-state index contributed by atoms with van der Waals surface area (Å²) in [6.45, 7) is 1.21. The number of nitrogens with two attached hydrogens (primary N) is 1. The van der Waals surface area contributed by atoms with Crippen LogP contribution in [0.3, 0.4) is 0 Å². The lowest BCUT2D eigenvalue weighted by molar-refractivity contribution is -0.384. The number of carbonyl (C=O) groups excluding carboxylic acids is 1. The van der Waals surface area contributed by atoms with Crippen molar-refractivity contribution in [3.05, 3.63) is 70.1 Å². The maximum absolute atomic E-state index is 12.3. The molecule has 0 aromatic heterocycles. The quantitative estimate of drug-likeness (QED) is 0.219. The van der Waals surface area contributed by atoms with Crippen LogP contribution in [0.15, 0.2) is 75.1 Å². The van der Waals surface area contributed by atoms with Crippen LogP contribution in [-0.2, 0) is 14.8 Å². The van der Waals surface area contributed by atoms with Crippen molar-refractivity contribution in [2.45, 2.75) is 11.8 Å². The van der Waals surface area contributed by atoms with Gasteiger partial charge >= 0.3 is 0 Å². The molecule has 11 nitrogen and oxygen atoms in total. The van der Waals surface area contributed by atoms with Gasteiger partial charge in [-0.3, -0.25) is 14.9 Å². The second-order valence-electron chi connectivity index (χ2n) is 5.43. The first-order valence-electron chi connectivity index (χ1n) is 7.58. The molecule has 0 unspecified atom stereocenters. The molecule has 0 aliphatic carbocycles. The Morgan fingerprint density at radius 3 is 2.39 bits per heavy atom. The number of nitro benzene ring substituents is 1. The molecule has 28 heavy (non-hydrogen) atoms. The fraction of sp³-hybridized carbons (Fsp3) is 0.0625. The molecule has 0 aliphatic heterocycles. The molecular weight excluding hydrogens is 390 g/mol. The number of allylic oxidation sites excluding steroid dienone is 1. The second kappa shape index (κ2) is 8.37. The number of carbonyl (C=O) groups is 1. The average Bonchev–Trinajstić information content (AvgIpc) is 2.61. The van der Waals surface area contributed by atoms with Gasteiger partial charge in [0.2, 0.25) is 10.0 Å². The van der Waals surface area contributed by atoms with Crippen LogP contribution in [0.25, 0.3) is 0 Å². The lowest BCUT2D eigenvalue weighted by Crippen LogP contribution is -2.15. The molecule has 0 fully saturated rings. The van der Waals surface area contributed by atoms with Gasteiger partial charge in [-0.25, -0.2) is 13.6 Å². The smallest absolute Gasteiger partial charge is 0.279 e. The highest BCUT2D eigenvalue weighted by Gasteiger charge is 2.15. The van der Waals surface area contributed by atoms with Crippen molar-refractivity contribution < 1.29 is 23.2 Å². The molecule has 0 heterocycles. The maximum Gasteiger partial charge on any atom is 0.279 e. The van der Waals surface area contributed by atoms with Crippen LogP contribution in [0.2, 0.25) is 0 Å². The molecule has 2 aromatic rings. The summed E-state index contributed by atoms with van der Waals surface area (Å²) in [7, 11) is -3.87. The number of anilines is 1. The molecule has 0 radical (unpaired) electrons. The number of azo groups is 1. The molecule has 0 saturated heterocycles. The third-order valence-corrected chi connectivity index (χ3v) is 4.23. The van der Waals surface area contributed by atoms with Crippen LogP contribution < -0.4 is 10.5 Å². The van der Waals surface area contributed by atoms with Gasteiger partial charge in [0.05, 0.1) is 15.5 Å². The minimum Gasteiger partial charge on any atom is -0.510 e. The van der Waals surface area contributed by atoms with Gasteiger partial charge in [0, 0.05) is 17.8 Å². The van der Waals surface area contributed by atoms with E-state index in [0.717, 1.165) is 6.07 Å². The maximum atomic E-state index is 12.3. The Hall–Kier alpha value is -3.64. The van der Waals surface area contributed by atoms with Crippen LogP contribution in [-0.4, -0.2) is 24.4 Å². The molecule has 12 heteroatoms. The zero-order chi connectivity index (χ0) is 20.9. The number of primary sulfonamides is 1. The van der Waals surface area contributed by atoms with Gasteiger partial charge in [-0.2, -0.15) is 0 Å². The molecular formula is C16H15N5O6S. The number of rotatable bonds is 6. The predicted octanol–water partition coefficient (Wildman–Crippen LogP) is 2.75. The van der Waals surface area contributed by atoms with E-state index >= 15 is 0 Å². The zero-order valence-electron chi connectivity index (χ0n) is 14.4.